The minimum atomic E-state index is 0.516. The van der Waals surface area contributed by atoms with Gasteiger partial charge in [-0.25, -0.2) is 0 Å². The Morgan fingerprint density at radius 3 is 3.06 bits per heavy atom. The van der Waals surface area contributed by atoms with Crippen LogP contribution in [-0.2, 0) is 0 Å². The number of halogens is 1. The van der Waals surface area contributed by atoms with Crippen LogP contribution < -0.4 is 5.32 Å². The predicted molar refractivity (Wildman–Crippen MR) is 82.0 cm³/mol. The van der Waals surface area contributed by atoms with Gasteiger partial charge in [-0.05, 0) is 43.2 Å². The second kappa shape index (κ2) is 6.49. The molecule has 0 radical (unpaired) electrons. The lowest BCUT2D eigenvalue weighted by Crippen LogP contribution is -2.16. The topological polar surface area (TPSA) is 35.8 Å². The van der Waals surface area contributed by atoms with Gasteiger partial charge >= 0.3 is 0 Å². The standard InChI is InChI=1S/C14H17BrN2S/c1-2-18-13-5-4-12(8-13)17-14-6-3-11(15)7-10(14)9-16/h3,6-7,12-13,17H,2,4-5,8H2,1H3. The number of benzene rings is 1. The van der Waals surface area contributed by atoms with Gasteiger partial charge in [-0.1, -0.05) is 22.9 Å². The van der Waals surface area contributed by atoms with Crippen LogP contribution in [0.4, 0.5) is 5.69 Å². The molecule has 2 atom stereocenters. The summed E-state index contributed by atoms with van der Waals surface area (Å²) in [6, 6.07) is 8.61. The Morgan fingerprint density at radius 1 is 1.50 bits per heavy atom. The van der Waals surface area contributed by atoms with Crippen molar-refractivity contribution in [1.82, 2.24) is 0 Å². The van der Waals surface area contributed by atoms with Crippen molar-refractivity contribution in [2.24, 2.45) is 0 Å². The smallest absolute Gasteiger partial charge is 0.101 e. The molecule has 0 bridgehead atoms. The van der Waals surface area contributed by atoms with Crippen LogP contribution in [0.3, 0.4) is 0 Å². The molecule has 4 heteroatoms. The molecule has 96 valence electrons. The molecule has 0 saturated heterocycles. The number of thioether (sulfide) groups is 1. The van der Waals surface area contributed by atoms with Gasteiger partial charge in [0, 0.05) is 15.8 Å². The van der Waals surface area contributed by atoms with Crippen LogP contribution in [0.1, 0.15) is 31.7 Å². The lowest BCUT2D eigenvalue weighted by molar-refractivity contribution is 0.756. The summed E-state index contributed by atoms with van der Waals surface area (Å²) in [6.07, 6.45) is 3.70. The third-order valence-electron chi connectivity index (χ3n) is 3.25. The number of hydrogen-bond donors (Lipinski definition) is 1. The van der Waals surface area contributed by atoms with Crippen molar-refractivity contribution in [2.45, 2.75) is 37.5 Å². The molecule has 0 aliphatic heterocycles. The Balaban J connectivity index is 2.00. The summed E-state index contributed by atoms with van der Waals surface area (Å²) >= 11 is 5.45. The summed E-state index contributed by atoms with van der Waals surface area (Å²) < 4.78 is 0.954. The monoisotopic (exact) mass is 324 g/mol. The molecule has 1 aliphatic rings. The first-order valence-corrected chi connectivity index (χ1v) is 8.15. The van der Waals surface area contributed by atoms with Gasteiger partial charge in [-0.3, -0.25) is 0 Å². The quantitative estimate of drug-likeness (QED) is 0.891. The van der Waals surface area contributed by atoms with E-state index in [1.165, 1.54) is 25.0 Å². The van der Waals surface area contributed by atoms with Gasteiger partial charge in [0.25, 0.3) is 0 Å². The van der Waals surface area contributed by atoms with Crippen molar-refractivity contribution in [1.29, 1.82) is 5.26 Å². The largest absolute Gasteiger partial charge is 0.381 e. The minimum Gasteiger partial charge on any atom is -0.381 e. The van der Waals surface area contributed by atoms with Gasteiger partial charge in [0.15, 0.2) is 0 Å². The zero-order valence-electron chi connectivity index (χ0n) is 10.4. The molecule has 2 nitrogen and oxygen atoms in total. The van der Waals surface area contributed by atoms with Gasteiger partial charge < -0.3 is 5.32 Å². The highest BCUT2D eigenvalue weighted by molar-refractivity contribution is 9.10. The van der Waals surface area contributed by atoms with Crippen molar-refractivity contribution >= 4 is 33.4 Å². The maximum absolute atomic E-state index is 9.14. The highest BCUT2D eigenvalue weighted by Crippen LogP contribution is 2.32. The molecular formula is C14H17BrN2S. The van der Waals surface area contributed by atoms with E-state index in [-0.39, 0.29) is 0 Å². The summed E-state index contributed by atoms with van der Waals surface area (Å²) in [5.41, 5.74) is 1.68. The first-order valence-electron chi connectivity index (χ1n) is 6.30. The van der Waals surface area contributed by atoms with Crippen LogP contribution in [0.5, 0.6) is 0 Å². The third-order valence-corrected chi connectivity index (χ3v) is 4.97. The van der Waals surface area contributed by atoms with Crippen LogP contribution in [0.15, 0.2) is 22.7 Å². The SMILES string of the molecule is CCSC1CCC(Nc2ccc(Br)cc2C#N)C1. The maximum Gasteiger partial charge on any atom is 0.101 e. The Morgan fingerprint density at radius 2 is 2.33 bits per heavy atom. The zero-order valence-corrected chi connectivity index (χ0v) is 12.9. The molecule has 0 amide bonds. The highest BCUT2D eigenvalue weighted by Gasteiger charge is 2.24. The van der Waals surface area contributed by atoms with E-state index < -0.39 is 0 Å². The third kappa shape index (κ3) is 3.43. The van der Waals surface area contributed by atoms with E-state index in [1.807, 2.05) is 18.2 Å². The molecule has 0 aromatic heterocycles. The molecule has 1 aliphatic carbocycles. The van der Waals surface area contributed by atoms with Crippen LogP contribution in [0, 0.1) is 11.3 Å². The Bertz CT molecular complexity index is 456. The van der Waals surface area contributed by atoms with Crippen molar-refractivity contribution in [2.75, 3.05) is 11.1 Å². The maximum atomic E-state index is 9.14. The summed E-state index contributed by atoms with van der Waals surface area (Å²) in [7, 11) is 0. The Kier molecular flexibility index (Phi) is 4.96. The molecule has 0 spiro atoms. The first kappa shape index (κ1) is 13.8. The van der Waals surface area contributed by atoms with Crippen LogP contribution in [0.2, 0.25) is 0 Å². The van der Waals surface area contributed by atoms with E-state index in [1.54, 1.807) is 0 Å². The lowest BCUT2D eigenvalue weighted by atomic mass is 10.1. The minimum absolute atomic E-state index is 0.516. The van der Waals surface area contributed by atoms with Crippen LogP contribution in [-0.4, -0.2) is 17.0 Å². The fourth-order valence-corrected chi connectivity index (χ4v) is 3.92. The summed E-state index contributed by atoms with van der Waals surface area (Å²) in [5, 5.41) is 13.4. The lowest BCUT2D eigenvalue weighted by Gasteiger charge is -2.15. The van der Waals surface area contributed by atoms with Crippen molar-refractivity contribution in [3.05, 3.63) is 28.2 Å². The summed E-state index contributed by atoms with van der Waals surface area (Å²) in [4.78, 5) is 0. The van der Waals surface area contributed by atoms with Gasteiger partial charge in [-0.15, -0.1) is 0 Å². The van der Waals surface area contributed by atoms with Crippen molar-refractivity contribution in [3.8, 4) is 6.07 Å². The van der Waals surface area contributed by atoms with E-state index in [9.17, 15) is 0 Å². The average Bonchev–Trinajstić information content (AvgIpc) is 2.79. The molecule has 18 heavy (non-hydrogen) atoms. The van der Waals surface area contributed by atoms with Gasteiger partial charge in [-0.2, -0.15) is 17.0 Å². The molecule has 1 saturated carbocycles. The Hall–Kier alpha value is -0.660. The van der Waals surface area contributed by atoms with Gasteiger partial charge in [0.2, 0.25) is 0 Å². The molecule has 2 rings (SSSR count). The number of nitrogens with zero attached hydrogens (tertiary/aromatic N) is 1. The molecule has 1 aromatic carbocycles. The molecule has 1 fully saturated rings. The van der Waals surface area contributed by atoms with E-state index in [0.29, 0.717) is 6.04 Å². The Labute approximate surface area is 121 Å². The fourth-order valence-electron chi connectivity index (χ4n) is 2.41. The first-order chi connectivity index (χ1) is 8.72. The average molecular weight is 325 g/mol. The van der Waals surface area contributed by atoms with Crippen molar-refractivity contribution in [3.63, 3.8) is 0 Å². The van der Waals surface area contributed by atoms with Crippen molar-refractivity contribution < 1.29 is 0 Å². The second-order valence-electron chi connectivity index (χ2n) is 4.53. The number of nitriles is 1. The van der Waals surface area contributed by atoms with Gasteiger partial charge in [0.1, 0.15) is 6.07 Å². The predicted octanol–water partition coefficient (Wildman–Crippen LogP) is 4.41. The molecule has 1 N–H and O–H groups in total. The zero-order chi connectivity index (χ0) is 13.0. The molecular weight excluding hydrogens is 308 g/mol. The normalized spacial score (nSPS) is 22.7. The fraction of sp³-hybridized carbons (Fsp3) is 0.500. The summed E-state index contributed by atoms with van der Waals surface area (Å²) in [5.74, 6) is 1.19. The molecule has 0 heterocycles. The molecule has 1 aromatic rings. The van der Waals surface area contributed by atoms with E-state index >= 15 is 0 Å². The van der Waals surface area contributed by atoms with Gasteiger partial charge in [0.05, 0.1) is 11.3 Å². The second-order valence-corrected chi connectivity index (χ2v) is 7.03. The number of nitrogens with one attached hydrogen (secondary N) is 1. The number of hydrogen-bond acceptors (Lipinski definition) is 3. The van der Waals surface area contributed by atoms with E-state index in [2.05, 4.69) is 46.0 Å². The van der Waals surface area contributed by atoms with E-state index in [0.717, 1.165) is 21.0 Å². The number of anilines is 1. The summed E-state index contributed by atoms with van der Waals surface area (Å²) in [6.45, 7) is 2.22. The van der Waals surface area contributed by atoms with E-state index in [4.69, 9.17) is 5.26 Å². The van der Waals surface area contributed by atoms with Crippen LogP contribution >= 0.6 is 27.7 Å². The highest BCUT2D eigenvalue weighted by atomic mass is 79.9. The number of rotatable bonds is 4. The molecule has 2 unspecified atom stereocenters. The van der Waals surface area contributed by atoms with Crippen LogP contribution in [0.25, 0.3) is 0 Å².